The minimum Gasteiger partial charge on any atom is -0.449 e. The first kappa shape index (κ1) is 12.2. The third-order valence-corrected chi connectivity index (χ3v) is 3.60. The third kappa shape index (κ3) is 2.09. The maximum absolute atomic E-state index is 11.8. The van der Waals surface area contributed by atoms with Crippen LogP contribution >= 0.6 is 15.9 Å². The fourth-order valence-corrected chi connectivity index (χ4v) is 2.20. The number of rotatable bonds is 1. The summed E-state index contributed by atoms with van der Waals surface area (Å²) in [4.78, 5) is 11.8. The number of aryl methyl sites for hydroxylation is 2. The molecular formula is C13H14BrNO2. The van der Waals surface area contributed by atoms with E-state index in [9.17, 15) is 4.79 Å². The number of hydrogen-bond donors (Lipinski definition) is 0. The Bertz CT molecular complexity index is 587. The Morgan fingerprint density at radius 1 is 1.35 bits per heavy atom. The smallest absolute Gasteiger partial charge is 0.418 e. The lowest BCUT2D eigenvalue weighted by Gasteiger charge is -2.05. The standard InChI is InChI=1S/C13H14BrNO2/c1-4-17-13(16)15-7-9(3)10-6-11(14)8(2)5-12(10)15/h5-7H,4H2,1-3H3. The first-order valence-electron chi connectivity index (χ1n) is 5.49. The number of aromatic nitrogens is 1. The average molecular weight is 296 g/mol. The topological polar surface area (TPSA) is 31.2 Å². The van der Waals surface area contributed by atoms with Crippen LogP contribution in [-0.2, 0) is 4.74 Å². The van der Waals surface area contributed by atoms with Gasteiger partial charge in [-0.15, -0.1) is 0 Å². The highest BCUT2D eigenvalue weighted by Gasteiger charge is 2.13. The number of halogens is 1. The predicted molar refractivity (Wildman–Crippen MR) is 71.5 cm³/mol. The van der Waals surface area contributed by atoms with Crippen LogP contribution in [0, 0.1) is 13.8 Å². The first-order chi connectivity index (χ1) is 8.04. The zero-order chi connectivity index (χ0) is 12.6. The average Bonchev–Trinajstić information content (AvgIpc) is 2.58. The van der Waals surface area contributed by atoms with Gasteiger partial charge in [0, 0.05) is 16.1 Å². The van der Waals surface area contributed by atoms with E-state index in [1.165, 1.54) is 0 Å². The van der Waals surface area contributed by atoms with E-state index in [0.29, 0.717) is 6.61 Å². The van der Waals surface area contributed by atoms with E-state index in [0.717, 1.165) is 26.5 Å². The highest BCUT2D eigenvalue weighted by molar-refractivity contribution is 9.10. The molecular weight excluding hydrogens is 282 g/mol. The monoisotopic (exact) mass is 295 g/mol. The highest BCUT2D eigenvalue weighted by Crippen LogP contribution is 2.27. The van der Waals surface area contributed by atoms with E-state index < -0.39 is 0 Å². The molecule has 1 heterocycles. The molecule has 0 fully saturated rings. The lowest BCUT2D eigenvalue weighted by atomic mass is 10.1. The molecule has 0 aliphatic carbocycles. The summed E-state index contributed by atoms with van der Waals surface area (Å²) in [6, 6.07) is 4.03. The second-order valence-electron chi connectivity index (χ2n) is 4.00. The summed E-state index contributed by atoms with van der Waals surface area (Å²) in [7, 11) is 0. The van der Waals surface area contributed by atoms with Crippen LogP contribution < -0.4 is 0 Å². The molecule has 1 aromatic carbocycles. The Labute approximate surface area is 108 Å². The van der Waals surface area contributed by atoms with Crippen LogP contribution in [-0.4, -0.2) is 17.3 Å². The van der Waals surface area contributed by atoms with E-state index in [-0.39, 0.29) is 6.09 Å². The van der Waals surface area contributed by atoms with Crippen molar-refractivity contribution in [2.75, 3.05) is 6.61 Å². The van der Waals surface area contributed by atoms with Crippen LogP contribution in [0.1, 0.15) is 18.1 Å². The van der Waals surface area contributed by atoms with Gasteiger partial charge in [0.2, 0.25) is 0 Å². The molecule has 0 saturated carbocycles. The molecule has 0 N–H and O–H groups in total. The molecule has 0 aliphatic heterocycles. The lowest BCUT2D eigenvalue weighted by molar-refractivity contribution is 0.155. The van der Waals surface area contributed by atoms with Gasteiger partial charge in [-0.25, -0.2) is 4.79 Å². The van der Waals surface area contributed by atoms with Gasteiger partial charge in [-0.1, -0.05) is 15.9 Å². The number of hydrogen-bond acceptors (Lipinski definition) is 2. The molecule has 0 radical (unpaired) electrons. The Hall–Kier alpha value is -1.29. The molecule has 0 aliphatic rings. The number of fused-ring (bicyclic) bond motifs is 1. The van der Waals surface area contributed by atoms with Crippen LogP contribution in [0.25, 0.3) is 10.9 Å². The SMILES string of the molecule is CCOC(=O)n1cc(C)c2cc(Br)c(C)cc21. The van der Waals surface area contributed by atoms with E-state index >= 15 is 0 Å². The zero-order valence-electron chi connectivity index (χ0n) is 10.1. The van der Waals surface area contributed by atoms with Crippen molar-refractivity contribution >= 4 is 32.9 Å². The van der Waals surface area contributed by atoms with Crippen molar-refractivity contribution in [1.29, 1.82) is 0 Å². The van der Waals surface area contributed by atoms with Crippen molar-refractivity contribution in [3.63, 3.8) is 0 Å². The molecule has 17 heavy (non-hydrogen) atoms. The van der Waals surface area contributed by atoms with Crippen molar-refractivity contribution in [3.8, 4) is 0 Å². The fraction of sp³-hybridized carbons (Fsp3) is 0.308. The van der Waals surface area contributed by atoms with Gasteiger partial charge in [0.25, 0.3) is 0 Å². The van der Waals surface area contributed by atoms with Crippen LogP contribution in [0.4, 0.5) is 4.79 Å². The second-order valence-corrected chi connectivity index (χ2v) is 4.85. The summed E-state index contributed by atoms with van der Waals surface area (Å²) in [5.41, 5.74) is 3.05. The van der Waals surface area contributed by atoms with Gasteiger partial charge in [-0.05, 0) is 44.0 Å². The second kappa shape index (κ2) is 4.53. The predicted octanol–water partition coefficient (Wildman–Crippen LogP) is 4.03. The van der Waals surface area contributed by atoms with Crippen LogP contribution in [0.2, 0.25) is 0 Å². The minimum absolute atomic E-state index is 0.327. The van der Waals surface area contributed by atoms with Gasteiger partial charge in [0.1, 0.15) is 0 Å². The number of benzene rings is 1. The van der Waals surface area contributed by atoms with Gasteiger partial charge in [0.05, 0.1) is 12.1 Å². The molecule has 0 atom stereocenters. The molecule has 0 saturated heterocycles. The van der Waals surface area contributed by atoms with E-state index in [1.54, 1.807) is 11.5 Å². The molecule has 4 heteroatoms. The summed E-state index contributed by atoms with van der Waals surface area (Å²) in [5, 5.41) is 1.07. The Morgan fingerprint density at radius 3 is 2.71 bits per heavy atom. The lowest BCUT2D eigenvalue weighted by Crippen LogP contribution is -2.12. The van der Waals surface area contributed by atoms with Crippen molar-refractivity contribution in [1.82, 2.24) is 4.57 Å². The molecule has 90 valence electrons. The summed E-state index contributed by atoms with van der Waals surface area (Å²) in [5.74, 6) is 0. The van der Waals surface area contributed by atoms with Crippen LogP contribution in [0.5, 0.6) is 0 Å². The molecule has 0 spiro atoms. The number of ether oxygens (including phenoxy) is 1. The molecule has 1 aromatic heterocycles. The van der Waals surface area contributed by atoms with Crippen molar-refractivity contribution < 1.29 is 9.53 Å². The third-order valence-electron chi connectivity index (χ3n) is 2.75. The maximum atomic E-state index is 11.8. The van der Waals surface area contributed by atoms with Crippen LogP contribution in [0.3, 0.4) is 0 Å². The van der Waals surface area contributed by atoms with Gasteiger partial charge in [-0.3, -0.25) is 4.57 Å². The zero-order valence-corrected chi connectivity index (χ0v) is 11.7. The quantitative estimate of drug-likeness (QED) is 0.795. The number of nitrogens with zero attached hydrogens (tertiary/aromatic N) is 1. The molecule has 2 rings (SSSR count). The van der Waals surface area contributed by atoms with E-state index in [1.807, 2.05) is 32.2 Å². The maximum Gasteiger partial charge on any atom is 0.418 e. The van der Waals surface area contributed by atoms with Gasteiger partial charge < -0.3 is 4.74 Å². The number of carbonyl (C=O) groups excluding carboxylic acids is 1. The fourth-order valence-electron chi connectivity index (χ4n) is 1.86. The summed E-state index contributed by atoms with van der Waals surface area (Å²) < 4.78 is 7.65. The molecule has 3 nitrogen and oxygen atoms in total. The molecule has 0 bridgehead atoms. The Morgan fingerprint density at radius 2 is 2.06 bits per heavy atom. The summed E-state index contributed by atoms with van der Waals surface area (Å²) >= 11 is 3.50. The van der Waals surface area contributed by atoms with Crippen molar-refractivity contribution in [2.24, 2.45) is 0 Å². The molecule has 0 unspecified atom stereocenters. The van der Waals surface area contributed by atoms with Gasteiger partial charge in [0.15, 0.2) is 0 Å². The largest absolute Gasteiger partial charge is 0.449 e. The molecule has 2 aromatic rings. The van der Waals surface area contributed by atoms with Crippen molar-refractivity contribution in [3.05, 3.63) is 33.9 Å². The van der Waals surface area contributed by atoms with Crippen LogP contribution in [0.15, 0.2) is 22.8 Å². The van der Waals surface area contributed by atoms with Crippen molar-refractivity contribution in [2.45, 2.75) is 20.8 Å². The summed E-state index contributed by atoms with van der Waals surface area (Å²) in [6.07, 6.45) is 1.49. The van der Waals surface area contributed by atoms with E-state index in [4.69, 9.17) is 4.74 Å². The molecule has 0 amide bonds. The van der Waals surface area contributed by atoms with Gasteiger partial charge in [-0.2, -0.15) is 0 Å². The van der Waals surface area contributed by atoms with Gasteiger partial charge >= 0.3 is 6.09 Å². The Kier molecular flexibility index (Phi) is 3.24. The minimum atomic E-state index is -0.327. The first-order valence-corrected chi connectivity index (χ1v) is 6.28. The Balaban J connectivity index is 2.66. The normalized spacial score (nSPS) is 10.8. The highest BCUT2D eigenvalue weighted by atomic mass is 79.9. The summed E-state index contributed by atoms with van der Waals surface area (Å²) in [6.45, 7) is 6.17. The number of carbonyl (C=O) groups is 1. The van der Waals surface area contributed by atoms with E-state index in [2.05, 4.69) is 15.9 Å².